The van der Waals surface area contributed by atoms with E-state index in [0.29, 0.717) is 46.5 Å². The van der Waals surface area contributed by atoms with Crippen molar-refractivity contribution in [1.82, 2.24) is 9.80 Å². The van der Waals surface area contributed by atoms with Crippen LogP contribution in [-0.2, 0) is 40.6 Å². The van der Waals surface area contributed by atoms with Gasteiger partial charge < -0.3 is 38.8 Å². The molecule has 0 spiro atoms. The number of carbonyl (C=O) groups excluding carboxylic acids is 4. The van der Waals surface area contributed by atoms with Gasteiger partial charge in [-0.15, -0.1) is 0 Å². The summed E-state index contributed by atoms with van der Waals surface area (Å²) >= 11 is 0. The standard InChI is InChI=1S/C36H38F3NO4.C35H36F3NO4.C15H21BO4.Li.H2O/c1-21-14-27(18-29(15-21)36(37,38)39)32-23(3)40(34(42)44-32)20-28-19-35(4,5)13-12-31(28)25-9-7-8-24(17-25)30-11-10-26(16-22(30)2)33(41)43-6;1-20-13-26(17-28(14-20)35(36,37)38)31-22(3)39(33(42)43-31)19-27-18-34(4,5)12-11-30(27)24-8-6-7-23(16-24)29-10-9-25(32(40)41)15-21(29)2;1-10-9-11(13(17)18-6)7-8-12(10)16-19-14(2,3)15(4,5)20-16;;/h7-11,14-18,23,32H,12-13,19-20H2,1-6H3;6-10,13-17,22,31H,11-12,18-19H2,1-5H3,(H,40,41);7-9H,1-6H3;;1H2/q;;;+1;/p-1/t23-,32-;22-,31-;;;/m00.../s1. The smallest absolute Gasteiger partial charge is 0.870 e. The first-order valence-electron chi connectivity index (χ1n) is 36.0. The third-order valence-corrected chi connectivity index (χ3v) is 21.7. The fourth-order valence-electron chi connectivity index (χ4n) is 15.1. The number of aryl methyl sites for hydroxylation is 5. The van der Waals surface area contributed by atoms with Crippen molar-refractivity contribution >= 4 is 53.8 Å². The second kappa shape index (κ2) is 33.3. The summed E-state index contributed by atoms with van der Waals surface area (Å²) in [6.45, 7) is 30.2. The first-order valence-corrected chi connectivity index (χ1v) is 36.0. The first-order chi connectivity index (χ1) is 50.0. The molecule has 3 saturated heterocycles. The largest absolute Gasteiger partial charge is 1.00 e. The van der Waals surface area contributed by atoms with Crippen molar-refractivity contribution < 1.29 is 108 Å². The molecular weight excluding hydrogens is 1400 g/mol. The van der Waals surface area contributed by atoms with Crippen molar-refractivity contribution in [3.05, 3.63) is 229 Å². The Balaban J connectivity index is 0.000000217. The molecule has 5 aliphatic rings. The number of methoxy groups -OCH3 is 2. The van der Waals surface area contributed by atoms with E-state index in [1.54, 1.807) is 66.1 Å². The molecule has 0 aromatic heterocycles. The molecule has 4 atom stereocenters. The van der Waals surface area contributed by atoms with Crippen LogP contribution in [0.5, 0.6) is 0 Å². The Hall–Kier alpha value is -8.91. The van der Waals surface area contributed by atoms with Crippen molar-refractivity contribution in [2.75, 3.05) is 27.3 Å². The Morgan fingerprint density at radius 1 is 0.514 bits per heavy atom. The van der Waals surface area contributed by atoms with E-state index >= 15 is 0 Å². The molecule has 7 aromatic carbocycles. The molecule has 0 saturated carbocycles. The van der Waals surface area contributed by atoms with Crippen LogP contribution in [0.2, 0.25) is 0 Å². The van der Waals surface area contributed by atoms with Gasteiger partial charge in [0.25, 0.3) is 0 Å². The van der Waals surface area contributed by atoms with Crippen molar-refractivity contribution in [3.8, 4) is 22.3 Å². The average Bonchev–Trinajstić information content (AvgIpc) is 1.69. The summed E-state index contributed by atoms with van der Waals surface area (Å²) in [6.07, 6.45) is -6.52. The summed E-state index contributed by atoms with van der Waals surface area (Å²) in [4.78, 5) is 64.6. The van der Waals surface area contributed by atoms with Crippen LogP contribution in [0.25, 0.3) is 33.4 Å². The molecule has 3 aliphatic heterocycles. The molecule has 3 heterocycles. The number of alkyl halides is 6. The third kappa shape index (κ3) is 19.5. The van der Waals surface area contributed by atoms with Crippen LogP contribution in [0.3, 0.4) is 0 Å². The Kier molecular flexibility index (Phi) is 26.2. The number of cyclic esters (lactones) is 2. The molecule has 0 bridgehead atoms. The van der Waals surface area contributed by atoms with Gasteiger partial charge in [0, 0.05) is 13.1 Å². The van der Waals surface area contributed by atoms with Gasteiger partial charge in [-0.1, -0.05) is 111 Å². The SMILES string of the molecule is COC(=O)c1ccc(-c2cccc(C3=C(CN4C(=O)O[C@H](c5cc(C)cc(C(F)(F)F)c5)[C@@H]4C)CC(C)(C)CC3)c2)c(C)c1.COC(=O)c1ccc(B2OC(C)(C)C(C)(C)O2)c(C)c1.Cc1cc([C@H]2OC(=O)N(CC3=C(c4cccc(-c5ccc(C(=O)O)cc5C)c4)CCC(C)(C)C3)[C@H]2C)cc(C(F)(F)F)c1.[Li+].[OH-]. The maximum atomic E-state index is 13.6. The Labute approximate surface area is 647 Å². The quantitative estimate of drug-likeness (QED) is 0.0467. The fraction of sp³-hybridized carbons (Fsp3) is 0.407. The molecule has 2 N–H and O–H groups in total. The van der Waals surface area contributed by atoms with E-state index in [2.05, 4.69) is 52.0 Å². The van der Waals surface area contributed by atoms with E-state index in [1.165, 1.54) is 19.8 Å². The number of ether oxygens (including phenoxy) is 4. The summed E-state index contributed by atoms with van der Waals surface area (Å²) in [6, 6.07) is 39.2. The zero-order valence-electron chi connectivity index (χ0n) is 65.4. The van der Waals surface area contributed by atoms with Crippen LogP contribution in [-0.4, -0.2) is 108 Å². The minimum atomic E-state index is -4.49. The van der Waals surface area contributed by atoms with Crippen LogP contribution in [0.4, 0.5) is 35.9 Å². The number of carbonyl (C=O) groups is 5. The molecule has 0 radical (unpaired) electrons. The number of benzene rings is 7. The first kappa shape index (κ1) is 85.7. The number of amides is 2. The summed E-state index contributed by atoms with van der Waals surface area (Å²) in [5.41, 5.74) is 15.0. The van der Waals surface area contributed by atoms with Gasteiger partial charge in [-0.2, -0.15) is 26.3 Å². The van der Waals surface area contributed by atoms with Crippen LogP contribution in [0.1, 0.15) is 212 Å². The Bertz CT molecular complexity index is 4660. The number of carboxylic acid groups (broad SMARTS) is 1. The van der Waals surface area contributed by atoms with Gasteiger partial charge in [0.1, 0.15) is 12.2 Å². The molecular formula is C86H96BF6LiN2O13. The number of carboxylic acids is 1. The monoisotopic (exact) mass is 1500 g/mol. The second-order valence-corrected chi connectivity index (χ2v) is 31.6. The summed E-state index contributed by atoms with van der Waals surface area (Å²) in [5, 5.41) is 9.36. The van der Waals surface area contributed by atoms with E-state index in [-0.39, 0.29) is 63.9 Å². The number of hydrogen-bond acceptors (Lipinski definition) is 12. The minimum Gasteiger partial charge on any atom is -0.870 e. The topological polar surface area (TPSA) is 197 Å². The molecule has 7 aromatic rings. The zero-order valence-corrected chi connectivity index (χ0v) is 65.4. The van der Waals surface area contributed by atoms with Crippen molar-refractivity contribution in [3.63, 3.8) is 0 Å². The Morgan fingerprint density at radius 3 is 1.25 bits per heavy atom. The summed E-state index contributed by atoms with van der Waals surface area (Å²) in [5.74, 6) is -1.69. The van der Waals surface area contributed by atoms with Crippen LogP contribution < -0.4 is 24.3 Å². The van der Waals surface area contributed by atoms with E-state index in [0.717, 1.165) is 135 Å². The van der Waals surface area contributed by atoms with Crippen LogP contribution in [0.15, 0.2) is 151 Å². The molecule has 0 unspecified atom stereocenters. The maximum absolute atomic E-state index is 13.6. The summed E-state index contributed by atoms with van der Waals surface area (Å²) in [7, 11) is 2.33. The van der Waals surface area contributed by atoms with E-state index in [4.69, 9.17) is 28.3 Å². The molecule has 574 valence electrons. The number of hydrogen-bond donors (Lipinski definition) is 1. The average molecular weight is 1500 g/mol. The number of nitrogens with zero attached hydrogens (tertiary/aromatic N) is 2. The zero-order chi connectivity index (χ0) is 78.4. The van der Waals surface area contributed by atoms with Gasteiger partial charge in [0.15, 0.2) is 0 Å². The number of aromatic carboxylic acids is 1. The van der Waals surface area contributed by atoms with Crippen molar-refractivity contribution in [2.45, 2.75) is 190 Å². The maximum Gasteiger partial charge on any atom is 1.00 e. The number of rotatable bonds is 14. The van der Waals surface area contributed by atoms with Gasteiger partial charge in [-0.3, -0.25) is 9.80 Å². The van der Waals surface area contributed by atoms with Crippen molar-refractivity contribution in [2.24, 2.45) is 10.8 Å². The van der Waals surface area contributed by atoms with Crippen molar-refractivity contribution in [1.29, 1.82) is 0 Å². The normalized spacial score (nSPS) is 19.8. The van der Waals surface area contributed by atoms with Gasteiger partial charge in [0.05, 0.1) is 65.3 Å². The second-order valence-electron chi connectivity index (χ2n) is 31.6. The molecule has 2 aliphatic carbocycles. The number of esters is 2. The fourth-order valence-corrected chi connectivity index (χ4v) is 15.1. The van der Waals surface area contributed by atoms with Gasteiger partial charge in [-0.05, 0) is 282 Å². The summed E-state index contributed by atoms with van der Waals surface area (Å²) < 4.78 is 114. The molecule has 109 heavy (non-hydrogen) atoms. The van der Waals surface area contributed by atoms with E-state index in [1.807, 2.05) is 111 Å². The molecule has 15 nitrogen and oxygen atoms in total. The Morgan fingerprint density at radius 2 is 0.881 bits per heavy atom. The van der Waals surface area contributed by atoms with Gasteiger partial charge in [-0.25, -0.2) is 24.0 Å². The van der Waals surface area contributed by atoms with Gasteiger partial charge >= 0.3 is 68.4 Å². The third-order valence-electron chi connectivity index (χ3n) is 21.7. The predicted octanol–water partition coefficient (Wildman–Crippen LogP) is 17.5. The van der Waals surface area contributed by atoms with E-state index < -0.39 is 73.0 Å². The molecule has 12 rings (SSSR count). The van der Waals surface area contributed by atoms with Gasteiger partial charge in [0.2, 0.25) is 0 Å². The molecule has 23 heteroatoms. The molecule has 3 fully saturated rings. The van der Waals surface area contributed by atoms with Crippen LogP contribution in [0, 0.1) is 45.4 Å². The minimum absolute atomic E-state index is 0. The molecule has 2 amide bonds. The predicted molar refractivity (Wildman–Crippen MR) is 404 cm³/mol. The van der Waals surface area contributed by atoms with Crippen LogP contribution >= 0.6 is 0 Å². The van der Waals surface area contributed by atoms with E-state index in [9.17, 15) is 55.4 Å². The number of halogens is 6. The number of allylic oxidation sites excluding steroid dienone is 2.